The van der Waals surface area contributed by atoms with Crippen molar-refractivity contribution in [1.82, 2.24) is 9.88 Å². The van der Waals surface area contributed by atoms with Crippen molar-refractivity contribution in [2.45, 2.75) is 46.6 Å². The van der Waals surface area contributed by atoms with Gasteiger partial charge in [0.25, 0.3) is 0 Å². The third-order valence-corrected chi connectivity index (χ3v) is 6.54. The number of aryl methyl sites for hydroxylation is 5. The van der Waals surface area contributed by atoms with Crippen LogP contribution in [0.5, 0.6) is 0 Å². The van der Waals surface area contributed by atoms with Gasteiger partial charge in [-0.05, 0) is 75.4 Å². The zero-order valence-electron chi connectivity index (χ0n) is 18.2. The molecule has 156 valence electrons. The molecular formula is C25H29N3OS. The molecule has 0 atom stereocenters. The average Bonchev–Trinajstić information content (AvgIpc) is 3.33. The molecule has 3 aromatic rings. The van der Waals surface area contributed by atoms with Gasteiger partial charge in [-0.25, -0.2) is 4.98 Å². The second-order valence-electron chi connectivity index (χ2n) is 8.46. The molecule has 0 bridgehead atoms. The summed E-state index contributed by atoms with van der Waals surface area (Å²) in [5.41, 5.74) is 9.52. The Bertz CT molecular complexity index is 1060. The third kappa shape index (κ3) is 4.63. The van der Waals surface area contributed by atoms with Crippen molar-refractivity contribution < 1.29 is 4.79 Å². The zero-order chi connectivity index (χ0) is 21.3. The fraction of sp³-hybridized carbons (Fsp3) is 0.360. The minimum atomic E-state index is 0.00274. The van der Waals surface area contributed by atoms with Gasteiger partial charge in [0.05, 0.1) is 18.8 Å². The predicted molar refractivity (Wildman–Crippen MR) is 125 cm³/mol. The Morgan fingerprint density at radius 1 is 1.10 bits per heavy atom. The lowest BCUT2D eigenvalue weighted by molar-refractivity contribution is -0.117. The topological polar surface area (TPSA) is 45.2 Å². The Balaban J connectivity index is 1.37. The number of aromatic nitrogens is 1. The van der Waals surface area contributed by atoms with E-state index >= 15 is 0 Å². The number of benzene rings is 2. The molecule has 4 rings (SSSR count). The molecule has 0 radical (unpaired) electrons. The number of carbonyl (C=O) groups is 1. The number of anilines is 1. The van der Waals surface area contributed by atoms with E-state index in [0.29, 0.717) is 13.1 Å². The molecule has 0 aliphatic heterocycles. The minimum Gasteiger partial charge on any atom is -0.324 e. The number of carbonyl (C=O) groups excluding carboxylic acids is 1. The summed E-state index contributed by atoms with van der Waals surface area (Å²) in [4.78, 5) is 19.4. The van der Waals surface area contributed by atoms with E-state index in [4.69, 9.17) is 4.98 Å². The van der Waals surface area contributed by atoms with Crippen molar-refractivity contribution in [3.05, 3.63) is 68.5 Å². The van der Waals surface area contributed by atoms with Crippen molar-refractivity contribution in [3.8, 4) is 11.3 Å². The van der Waals surface area contributed by atoms with E-state index in [1.54, 1.807) is 11.3 Å². The van der Waals surface area contributed by atoms with Gasteiger partial charge in [0.2, 0.25) is 5.91 Å². The lowest BCUT2D eigenvalue weighted by Gasteiger charge is -2.17. The average molecular weight is 420 g/mol. The lowest BCUT2D eigenvalue weighted by Crippen LogP contribution is -2.30. The summed E-state index contributed by atoms with van der Waals surface area (Å²) in [6.07, 6.45) is 3.64. The van der Waals surface area contributed by atoms with Crippen molar-refractivity contribution in [2.75, 3.05) is 18.9 Å². The summed E-state index contributed by atoms with van der Waals surface area (Å²) < 4.78 is 0. The van der Waals surface area contributed by atoms with E-state index in [1.165, 1.54) is 41.5 Å². The number of thiazole rings is 1. The summed E-state index contributed by atoms with van der Waals surface area (Å²) in [6.45, 7) is 7.14. The number of hydrogen-bond donors (Lipinski definition) is 1. The summed E-state index contributed by atoms with van der Waals surface area (Å²) in [5.74, 6) is 0.00274. The van der Waals surface area contributed by atoms with E-state index in [2.05, 4.69) is 48.0 Å². The minimum absolute atomic E-state index is 0.00274. The molecule has 1 amide bonds. The smallest absolute Gasteiger partial charge is 0.238 e. The van der Waals surface area contributed by atoms with Gasteiger partial charge in [0.1, 0.15) is 5.01 Å². The van der Waals surface area contributed by atoms with Gasteiger partial charge in [-0.15, -0.1) is 11.3 Å². The van der Waals surface area contributed by atoms with Crippen LogP contribution in [0.15, 0.2) is 35.7 Å². The van der Waals surface area contributed by atoms with Gasteiger partial charge >= 0.3 is 0 Å². The number of nitrogens with zero attached hydrogens (tertiary/aromatic N) is 2. The van der Waals surface area contributed by atoms with Crippen LogP contribution in [0.1, 0.15) is 39.2 Å². The van der Waals surface area contributed by atoms with E-state index in [-0.39, 0.29) is 5.91 Å². The van der Waals surface area contributed by atoms with Gasteiger partial charge in [0.15, 0.2) is 0 Å². The first-order chi connectivity index (χ1) is 14.4. The van der Waals surface area contributed by atoms with E-state index < -0.39 is 0 Å². The van der Waals surface area contributed by atoms with Crippen molar-refractivity contribution in [3.63, 3.8) is 0 Å². The third-order valence-electron chi connectivity index (χ3n) is 5.71. The van der Waals surface area contributed by atoms with Crippen LogP contribution in [-0.4, -0.2) is 29.4 Å². The number of hydrogen-bond acceptors (Lipinski definition) is 4. The molecule has 30 heavy (non-hydrogen) atoms. The monoisotopic (exact) mass is 419 g/mol. The van der Waals surface area contributed by atoms with Gasteiger partial charge in [-0.2, -0.15) is 0 Å². The van der Waals surface area contributed by atoms with Gasteiger partial charge in [-0.1, -0.05) is 29.8 Å². The maximum atomic E-state index is 12.6. The fourth-order valence-electron chi connectivity index (χ4n) is 4.34. The molecule has 0 saturated carbocycles. The summed E-state index contributed by atoms with van der Waals surface area (Å²) in [6, 6.07) is 10.9. The first-order valence-corrected chi connectivity index (χ1v) is 11.4. The SMILES string of the molecule is Cc1cc(C)c(NC(=O)CN(C)Cc2nc(-c3ccc4c(c3)CCC4)cs2)c(C)c1. The number of nitrogens with one attached hydrogen (secondary N) is 1. The van der Waals surface area contributed by atoms with Gasteiger partial charge in [-0.3, -0.25) is 9.69 Å². The maximum Gasteiger partial charge on any atom is 0.238 e. The van der Waals surface area contributed by atoms with Crippen LogP contribution in [0.3, 0.4) is 0 Å². The zero-order valence-corrected chi connectivity index (χ0v) is 19.0. The molecule has 1 aliphatic rings. The van der Waals surface area contributed by atoms with Crippen LogP contribution < -0.4 is 5.32 Å². The second-order valence-corrected chi connectivity index (χ2v) is 9.40. The predicted octanol–water partition coefficient (Wildman–Crippen LogP) is 5.29. The molecule has 1 N–H and O–H groups in total. The van der Waals surface area contributed by atoms with Crippen LogP contribution in [0.2, 0.25) is 0 Å². The van der Waals surface area contributed by atoms with E-state index in [0.717, 1.165) is 27.5 Å². The maximum absolute atomic E-state index is 12.6. The highest BCUT2D eigenvalue weighted by molar-refractivity contribution is 7.09. The molecule has 1 aromatic heterocycles. The Kier molecular flexibility index (Phi) is 6.02. The molecule has 1 heterocycles. The Labute approximate surface area is 183 Å². The summed E-state index contributed by atoms with van der Waals surface area (Å²) in [5, 5.41) is 6.23. The number of rotatable bonds is 6. The van der Waals surface area contributed by atoms with Crippen molar-refractivity contribution in [1.29, 1.82) is 0 Å². The first-order valence-electron chi connectivity index (χ1n) is 10.5. The molecule has 2 aromatic carbocycles. The highest BCUT2D eigenvalue weighted by Crippen LogP contribution is 2.29. The molecule has 1 aliphatic carbocycles. The standard InChI is InChI=1S/C25H29N3OS/c1-16-10-17(2)25(18(3)11-16)27-23(29)13-28(4)14-24-26-22(15-30-24)21-9-8-19-6-5-7-20(19)12-21/h8-12,15H,5-7,13-14H2,1-4H3,(H,27,29). The number of amides is 1. The van der Waals surface area contributed by atoms with Crippen LogP contribution in [0.4, 0.5) is 5.69 Å². The van der Waals surface area contributed by atoms with Crippen molar-refractivity contribution in [2.24, 2.45) is 0 Å². The molecule has 0 unspecified atom stereocenters. The molecular weight excluding hydrogens is 390 g/mol. The van der Waals surface area contributed by atoms with E-state index in [1.807, 2.05) is 25.8 Å². The summed E-state index contributed by atoms with van der Waals surface area (Å²) in [7, 11) is 1.96. The van der Waals surface area contributed by atoms with Gasteiger partial charge in [0, 0.05) is 16.6 Å². The van der Waals surface area contributed by atoms with Crippen LogP contribution >= 0.6 is 11.3 Å². The van der Waals surface area contributed by atoms with E-state index in [9.17, 15) is 4.79 Å². The largest absolute Gasteiger partial charge is 0.324 e. The normalized spacial score (nSPS) is 13.0. The van der Waals surface area contributed by atoms with Crippen LogP contribution in [-0.2, 0) is 24.2 Å². The second kappa shape index (κ2) is 8.70. The van der Waals surface area contributed by atoms with Gasteiger partial charge < -0.3 is 5.32 Å². The Morgan fingerprint density at radius 3 is 2.60 bits per heavy atom. The molecule has 0 spiro atoms. The lowest BCUT2D eigenvalue weighted by atomic mass is 10.1. The quantitative estimate of drug-likeness (QED) is 0.590. The molecule has 0 saturated heterocycles. The first kappa shape index (κ1) is 20.8. The number of likely N-dealkylation sites (N-methyl/N-ethyl adjacent to an activating group) is 1. The molecule has 5 heteroatoms. The summed E-state index contributed by atoms with van der Waals surface area (Å²) >= 11 is 1.66. The Hall–Kier alpha value is -2.50. The Morgan fingerprint density at radius 2 is 1.83 bits per heavy atom. The highest BCUT2D eigenvalue weighted by Gasteiger charge is 2.15. The van der Waals surface area contributed by atoms with Crippen molar-refractivity contribution >= 4 is 22.9 Å². The molecule has 4 nitrogen and oxygen atoms in total. The van der Waals surface area contributed by atoms with Crippen LogP contribution in [0, 0.1) is 20.8 Å². The fourth-order valence-corrected chi connectivity index (χ4v) is 5.22. The highest BCUT2D eigenvalue weighted by atomic mass is 32.1. The molecule has 0 fully saturated rings. The van der Waals surface area contributed by atoms with Crippen LogP contribution in [0.25, 0.3) is 11.3 Å². The number of fused-ring (bicyclic) bond motifs is 1.